The zero-order chi connectivity index (χ0) is 33.3. The molecule has 4 aromatic carbocycles. The van der Waals surface area contributed by atoms with Gasteiger partial charge in [0.1, 0.15) is 0 Å². The molecule has 0 radical (unpaired) electrons. The fraction of sp³-hybridized carbons (Fsp3) is 0.167. The Hall–Kier alpha value is -5.60. The van der Waals surface area contributed by atoms with Gasteiger partial charge in [0.2, 0.25) is 0 Å². The molecule has 2 nitrogen and oxygen atoms in total. The van der Waals surface area contributed by atoms with Gasteiger partial charge in [-0.15, -0.1) is 0 Å². The molecule has 1 saturated heterocycles. The first-order valence-corrected chi connectivity index (χ1v) is 18.2. The molecule has 244 valence electrons. The molecule has 0 bridgehead atoms. The van der Waals surface area contributed by atoms with Crippen LogP contribution in [-0.2, 0) is 0 Å². The second-order valence-electron chi connectivity index (χ2n) is 13.9. The normalized spacial score (nSPS) is 21.0. The molecule has 2 unspecified atom stereocenters. The van der Waals surface area contributed by atoms with Crippen LogP contribution >= 0.6 is 0 Å². The maximum atomic E-state index is 2.62. The van der Waals surface area contributed by atoms with Gasteiger partial charge < -0.3 is 9.80 Å². The van der Waals surface area contributed by atoms with Gasteiger partial charge >= 0.3 is 0 Å². The van der Waals surface area contributed by atoms with Crippen LogP contribution in [0.25, 0.3) is 16.7 Å². The maximum absolute atomic E-state index is 2.62. The van der Waals surface area contributed by atoms with Gasteiger partial charge in [0.15, 0.2) is 0 Å². The number of fused-ring (bicyclic) bond motifs is 3. The average Bonchev–Trinajstić information content (AvgIpc) is 3.53. The third-order valence-electron chi connectivity index (χ3n) is 11.0. The van der Waals surface area contributed by atoms with Crippen molar-refractivity contribution in [3.8, 4) is 0 Å². The third kappa shape index (κ3) is 5.75. The first kappa shape index (κ1) is 30.5. The van der Waals surface area contributed by atoms with Crippen molar-refractivity contribution < 1.29 is 0 Å². The number of nitrogens with zero attached hydrogens (tertiary/aromatic N) is 2. The van der Waals surface area contributed by atoms with Gasteiger partial charge in [0, 0.05) is 22.8 Å². The standard InChI is InChI=1S/C48H42N2/c1-4-12-35(13-5-1)37-20-22-38(23-21-37)40-26-30-43(31-27-40)50-47-19-11-10-18-45(47)46-33-32-44(34-48(46)50)49(41-16-8-3-9-17-41)42-28-24-39(25-29-42)36-14-6-2-7-15-36/h1-18,20,22,24,26-28,30-31,33-34,44,47H,19,21,23,25,29,32H2. The lowest BCUT2D eigenvalue weighted by molar-refractivity contribution is 0.711. The number of allylic oxidation sites excluding steroid dienone is 11. The van der Waals surface area contributed by atoms with Crippen LogP contribution in [0, 0.1) is 0 Å². The van der Waals surface area contributed by atoms with Crippen LogP contribution in [0.5, 0.6) is 0 Å². The van der Waals surface area contributed by atoms with E-state index in [1.807, 2.05) is 0 Å². The van der Waals surface area contributed by atoms with E-state index in [9.17, 15) is 0 Å². The Balaban J connectivity index is 1.04. The van der Waals surface area contributed by atoms with Gasteiger partial charge in [-0.3, -0.25) is 0 Å². The number of para-hydroxylation sites is 1. The first-order chi connectivity index (χ1) is 24.8. The summed E-state index contributed by atoms with van der Waals surface area (Å²) >= 11 is 0. The molecule has 9 rings (SSSR count). The predicted molar refractivity (Wildman–Crippen MR) is 211 cm³/mol. The number of benzene rings is 4. The minimum Gasteiger partial charge on any atom is -0.338 e. The lowest BCUT2D eigenvalue weighted by Crippen LogP contribution is -2.36. The number of anilines is 2. The van der Waals surface area contributed by atoms with Gasteiger partial charge in [-0.2, -0.15) is 0 Å². The molecule has 0 N–H and O–H groups in total. The molecule has 2 heteroatoms. The lowest BCUT2D eigenvalue weighted by Gasteiger charge is -2.37. The minimum absolute atomic E-state index is 0.225. The molecule has 0 spiro atoms. The Labute approximate surface area is 296 Å². The lowest BCUT2D eigenvalue weighted by atomic mass is 9.90. The average molecular weight is 647 g/mol. The summed E-state index contributed by atoms with van der Waals surface area (Å²) in [7, 11) is 0. The topological polar surface area (TPSA) is 6.48 Å². The van der Waals surface area contributed by atoms with Crippen molar-refractivity contribution in [2.45, 2.75) is 50.6 Å². The Morgan fingerprint density at radius 2 is 1.12 bits per heavy atom. The summed E-state index contributed by atoms with van der Waals surface area (Å²) in [5.74, 6) is 0. The summed E-state index contributed by atoms with van der Waals surface area (Å²) in [6.07, 6.45) is 27.6. The monoisotopic (exact) mass is 646 g/mol. The second kappa shape index (κ2) is 13.4. The third-order valence-corrected chi connectivity index (χ3v) is 11.0. The van der Waals surface area contributed by atoms with Crippen LogP contribution < -0.4 is 9.80 Å². The van der Waals surface area contributed by atoms with Crippen LogP contribution in [0.4, 0.5) is 11.4 Å². The summed E-state index contributed by atoms with van der Waals surface area (Å²) in [5, 5.41) is 0. The molecule has 0 saturated carbocycles. The summed E-state index contributed by atoms with van der Waals surface area (Å²) in [5.41, 5.74) is 16.3. The number of hydrogen-bond donors (Lipinski definition) is 0. The maximum Gasteiger partial charge on any atom is 0.0632 e. The Morgan fingerprint density at radius 1 is 0.540 bits per heavy atom. The van der Waals surface area contributed by atoms with E-state index in [1.54, 1.807) is 0 Å². The zero-order valence-electron chi connectivity index (χ0n) is 28.5. The van der Waals surface area contributed by atoms with Crippen LogP contribution in [0.2, 0.25) is 0 Å². The van der Waals surface area contributed by atoms with E-state index in [2.05, 4.69) is 180 Å². The van der Waals surface area contributed by atoms with Gasteiger partial charge in [-0.25, -0.2) is 0 Å². The largest absolute Gasteiger partial charge is 0.338 e. The minimum atomic E-state index is 0.225. The molecule has 1 heterocycles. The van der Waals surface area contributed by atoms with E-state index in [1.165, 1.54) is 67.3 Å². The highest BCUT2D eigenvalue weighted by Gasteiger charge is 2.40. The van der Waals surface area contributed by atoms with Crippen LogP contribution in [0.3, 0.4) is 0 Å². The molecule has 1 fully saturated rings. The Bertz CT molecular complexity index is 2140. The molecular formula is C48H42N2. The van der Waals surface area contributed by atoms with Crippen molar-refractivity contribution in [1.82, 2.24) is 0 Å². The molecule has 0 amide bonds. The predicted octanol–water partition coefficient (Wildman–Crippen LogP) is 11.9. The molecule has 5 aliphatic rings. The van der Waals surface area contributed by atoms with Crippen molar-refractivity contribution in [1.29, 1.82) is 0 Å². The smallest absolute Gasteiger partial charge is 0.0632 e. The van der Waals surface area contributed by atoms with Crippen molar-refractivity contribution in [3.63, 3.8) is 0 Å². The Kier molecular flexibility index (Phi) is 8.14. The van der Waals surface area contributed by atoms with Crippen molar-refractivity contribution in [2.75, 3.05) is 9.80 Å². The van der Waals surface area contributed by atoms with E-state index in [0.29, 0.717) is 6.04 Å². The van der Waals surface area contributed by atoms with E-state index >= 15 is 0 Å². The van der Waals surface area contributed by atoms with Gasteiger partial charge in [-0.1, -0.05) is 134 Å². The van der Waals surface area contributed by atoms with Crippen LogP contribution in [0.1, 0.15) is 55.2 Å². The van der Waals surface area contributed by atoms with E-state index in [0.717, 1.165) is 38.5 Å². The fourth-order valence-corrected chi connectivity index (χ4v) is 8.44. The summed E-state index contributed by atoms with van der Waals surface area (Å²) in [6.45, 7) is 0. The highest BCUT2D eigenvalue weighted by Crippen LogP contribution is 2.47. The van der Waals surface area contributed by atoms with E-state index < -0.39 is 0 Å². The second-order valence-corrected chi connectivity index (χ2v) is 13.9. The van der Waals surface area contributed by atoms with Crippen molar-refractivity contribution in [2.24, 2.45) is 0 Å². The van der Waals surface area contributed by atoms with Crippen molar-refractivity contribution >= 4 is 28.1 Å². The van der Waals surface area contributed by atoms with Crippen LogP contribution in [-0.4, -0.2) is 12.1 Å². The molecular weight excluding hydrogens is 605 g/mol. The van der Waals surface area contributed by atoms with Gasteiger partial charge in [-0.05, 0) is 119 Å². The Morgan fingerprint density at radius 3 is 1.72 bits per heavy atom. The molecule has 4 aliphatic carbocycles. The molecule has 0 aromatic heterocycles. The summed E-state index contributed by atoms with van der Waals surface area (Å²) in [4.78, 5) is 5.22. The first-order valence-electron chi connectivity index (χ1n) is 18.2. The van der Waals surface area contributed by atoms with Crippen molar-refractivity contribution in [3.05, 3.63) is 209 Å². The number of rotatable bonds is 7. The van der Waals surface area contributed by atoms with E-state index in [4.69, 9.17) is 0 Å². The number of hydrogen-bond acceptors (Lipinski definition) is 2. The highest BCUT2D eigenvalue weighted by atomic mass is 15.2. The molecule has 1 aliphatic heterocycles. The zero-order valence-corrected chi connectivity index (χ0v) is 28.5. The summed E-state index contributed by atoms with van der Waals surface area (Å²) < 4.78 is 0. The highest BCUT2D eigenvalue weighted by molar-refractivity contribution is 5.80. The quantitative estimate of drug-likeness (QED) is 0.197. The molecule has 4 aromatic rings. The van der Waals surface area contributed by atoms with Crippen LogP contribution in [0.15, 0.2) is 192 Å². The van der Waals surface area contributed by atoms with E-state index in [-0.39, 0.29) is 6.04 Å². The SMILES string of the molecule is C1=CCC2C(=C1)C1=CCC(N(C3=CC=C(c4ccccc4)CC3)c3ccccc3)C=C1N2c1ccc(C2=CC=C(c3ccccc3)CC2)cc1. The molecule has 2 atom stereocenters. The molecule has 50 heavy (non-hydrogen) atoms. The van der Waals surface area contributed by atoms with Gasteiger partial charge in [0.25, 0.3) is 0 Å². The fourth-order valence-electron chi connectivity index (χ4n) is 8.44. The van der Waals surface area contributed by atoms with Gasteiger partial charge in [0.05, 0.1) is 12.1 Å². The summed E-state index contributed by atoms with van der Waals surface area (Å²) in [6, 6.07) is 42.5.